The smallest absolute Gasteiger partial charge is 0.347 e. The van der Waals surface area contributed by atoms with Crippen molar-refractivity contribution in [2.75, 3.05) is 7.11 Å². The number of Topliss-reactive ketones (excluding diaryl/α,β-unsaturated/α-hetero) is 1. The van der Waals surface area contributed by atoms with Crippen LogP contribution in [0.15, 0.2) is 23.8 Å². The van der Waals surface area contributed by atoms with Crippen molar-refractivity contribution >= 4 is 29.7 Å². The Morgan fingerprint density at radius 2 is 1.80 bits per heavy atom. The summed E-state index contributed by atoms with van der Waals surface area (Å²) in [4.78, 5) is 64.7. The lowest BCUT2D eigenvalue weighted by atomic mass is 9.44. The fourth-order valence-corrected chi connectivity index (χ4v) is 8.30. The number of cyclic esters (lactones) is 2. The Balaban J connectivity index is 1.65. The van der Waals surface area contributed by atoms with Crippen LogP contribution in [-0.2, 0) is 47.7 Å². The molecular weight excluding hydrogens is 524 g/mol. The van der Waals surface area contributed by atoms with Crippen LogP contribution in [0.1, 0.15) is 60.3 Å². The van der Waals surface area contributed by atoms with Crippen molar-refractivity contribution in [1.82, 2.24) is 0 Å². The zero-order valence-electron chi connectivity index (χ0n) is 23.6. The summed E-state index contributed by atoms with van der Waals surface area (Å²) in [5.74, 6) is -4.70. The Hall–Kier alpha value is -3.05. The lowest BCUT2D eigenvalue weighted by Crippen LogP contribution is -2.75. The lowest BCUT2D eigenvalue weighted by Gasteiger charge is -2.69. The van der Waals surface area contributed by atoms with Crippen molar-refractivity contribution in [2.24, 2.45) is 28.6 Å². The normalized spacial score (nSPS) is 42.5. The van der Waals surface area contributed by atoms with Gasteiger partial charge in [0.25, 0.3) is 0 Å². The van der Waals surface area contributed by atoms with Gasteiger partial charge in [-0.1, -0.05) is 27.4 Å². The van der Waals surface area contributed by atoms with E-state index >= 15 is 0 Å². The average Bonchev–Trinajstić information content (AvgIpc) is 3.18. The first-order chi connectivity index (χ1) is 18.5. The molecule has 9 atom stereocenters. The third-order valence-corrected chi connectivity index (χ3v) is 10.2. The van der Waals surface area contributed by atoms with E-state index < -0.39 is 76.2 Å². The van der Waals surface area contributed by atoms with E-state index in [0.717, 1.165) is 0 Å². The van der Waals surface area contributed by atoms with E-state index in [0.29, 0.717) is 18.4 Å². The first-order valence-electron chi connectivity index (χ1n) is 13.5. The van der Waals surface area contributed by atoms with Crippen molar-refractivity contribution in [2.45, 2.75) is 90.0 Å². The van der Waals surface area contributed by atoms with Gasteiger partial charge < -0.3 is 28.8 Å². The quantitative estimate of drug-likeness (QED) is 0.305. The number of aliphatic hydroxyl groups excluding tert-OH is 1. The molecule has 40 heavy (non-hydrogen) atoms. The summed E-state index contributed by atoms with van der Waals surface area (Å²) < 4.78 is 28.2. The van der Waals surface area contributed by atoms with Gasteiger partial charge in [-0.05, 0) is 37.3 Å². The van der Waals surface area contributed by atoms with Gasteiger partial charge in [-0.2, -0.15) is 0 Å². The molecule has 2 saturated heterocycles. The topological polar surface area (TPSA) is 152 Å². The summed E-state index contributed by atoms with van der Waals surface area (Å²) in [6.07, 6.45) is -1.93. The molecule has 11 nitrogen and oxygen atoms in total. The molecule has 3 heterocycles. The van der Waals surface area contributed by atoms with Gasteiger partial charge in [0.1, 0.15) is 17.5 Å². The summed E-state index contributed by atoms with van der Waals surface area (Å²) >= 11 is 0. The van der Waals surface area contributed by atoms with E-state index in [-0.39, 0.29) is 30.1 Å². The summed E-state index contributed by atoms with van der Waals surface area (Å²) in [7, 11) is 1.19. The van der Waals surface area contributed by atoms with Gasteiger partial charge in [0.05, 0.1) is 24.7 Å². The minimum atomic E-state index is -1.45. The first-order valence-corrected chi connectivity index (χ1v) is 13.5. The molecule has 0 aromatic rings. The average molecular weight is 561 g/mol. The number of methoxy groups -OCH3 is 1. The van der Waals surface area contributed by atoms with Crippen LogP contribution in [0.5, 0.6) is 0 Å². The zero-order valence-corrected chi connectivity index (χ0v) is 23.6. The molecule has 2 bridgehead atoms. The maximum atomic E-state index is 13.8. The number of rotatable bonds is 4. The number of hydrogen-bond donors (Lipinski definition) is 1. The number of hydrogen-bond acceptors (Lipinski definition) is 11. The molecule has 11 heteroatoms. The van der Waals surface area contributed by atoms with Crippen LogP contribution >= 0.6 is 0 Å². The maximum Gasteiger partial charge on any atom is 0.347 e. The Morgan fingerprint density at radius 1 is 1.12 bits per heavy atom. The van der Waals surface area contributed by atoms with Crippen LogP contribution in [-0.4, -0.2) is 71.6 Å². The van der Waals surface area contributed by atoms with Gasteiger partial charge in [0.15, 0.2) is 0 Å². The Bertz CT molecular complexity index is 1250. The van der Waals surface area contributed by atoms with E-state index in [2.05, 4.69) is 6.58 Å². The predicted molar refractivity (Wildman–Crippen MR) is 135 cm³/mol. The summed E-state index contributed by atoms with van der Waals surface area (Å²) in [6.45, 7) is 12.7. The molecule has 3 aliphatic heterocycles. The monoisotopic (exact) mass is 560 g/mol. The van der Waals surface area contributed by atoms with E-state index in [4.69, 9.17) is 23.7 Å². The number of aliphatic hydroxyl groups is 1. The molecule has 0 aromatic carbocycles. The van der Waals surface area contributed by atoms with Crippen molar-refractivity contribution in [1.29, 1.82) is 0 Å². The van der Waals surface area contributed by atoms with Crippen molar-refractivity contribution in [3.05, 3.63) is 23.8 Å². The largest absolute Gasteiger partial charge is 0.466 e. The molecule has 0 amide bonds. The van der Waals surface area contributed by atoms with Crippen LogP contribution in [0.2, 0.25) is 0 Å². The Labute approximate surface area is 232 Å². The minimum absolute atomic E-state index is 0.0140. The fourth-order valence-electron chi connectivity index (χ4n) is 8.30. The van der Waals surface area contributed by atoms with Crippen molar-refractivity contribution in [3.63, 3.8) is 0 Å². The Morgan fingerprint density at radius 3 is 2.38 bits per heavy atom. The molecule has 5 aliphatic rings. The highest BCUT2D eigenvalue weighted by molar-refractivity contribution is 5.93. The van der Waals surface area contributed by atoms with Crippen LogP contribution in [0.4, 0.5) is 0 Å². The standard InChI is InChI=1S/C29H36O11/c1-13-15-8-9-27(5)23(16-10-18(32)39-24(16)34)38-19(33)12-29(13,27)40-28(6)11-17(31)26(3,4)21(20(15)28)22(25(35)36-7)37-14(2)30/h10,15,18,20-23,32H,1,8-9,11-12H2,2-7H3/t15?,18?,20?,21-,22?,23-,27+,28+,29?/m0/s1. The van der Waals surface area contributed by atoms with Crippen LogP contribution in [0.25, 0.3) is 0 Å². The van der Waals surface area contributed by atoms with Gasteiger partial charge in [-0.25, -0.2) is 9.59 Å². The number of esters is 4. The van der Waals surface area contributed by atoms with Crippen LogP contribution in [0.3, 0.4) is 0 Å². The molecular formula is C29H36O11. The van der Waals surface area contributed by atoms with Gasteiger partial charge >= 0.3 is 23.9 Å². The van der Waals surface area contributed by atoms with Gasteiger partial charge in [0.2, 0.25) is 12.4 Å². The molecule has 2 saturated carbocycles. The number of carbonyl (C=O) groups excluding carboxylic acids is 5. The maximum absolute atomic E-state index is 13.8. The van der Waals surface area contributed by atoms with Crippen molar-refractivity contribution in [3.8, 4) is 0 Å². The third kappa shape index (κ3) is 3.73. The molecule has 5 unspecified atom stereocenters. The molecule has 0 radical (unpaired) electrons. The molecule has 2 aliphatic carbocycles. The molecule has 1 spiro atoms. The zero-order chi connectivity index (χ0) is 29.6. The van der Waals surface area contributed by atoms with Crippen LogP contribution < -0.4 is 0 Å². The number of ketones is 1. The molecule has 1 N–H and O–H groups in total. The second-order valence-corrected chi connectivity index (χ2v) is 12.7. The van der Waals surface area contributed by atoms with E-state index in [1.807, 2.05) is 6.92 Å². The third-order valence-electron chi connectivity index (χ3n) is 10.2. The van der Waals surface area contributed by atoms with E-state index in [9.17, 15) is 29.1 Å². The molecule has 218 valence electrons. The molecule has 5 rings (SSSR count). The van der Waals surface area contributed by atoms with Crippen LogP contribution in [0, 0.1) is 28.6 Å². The highest BCUT2D eigenvalue weighted by Gasteiger charge is 2.74. The number of carbonyl (C=O) groups is 5. The second kappa shape index (κ2) is 8.97. The lowest BCUT2D eigenvalue weighted by molar-refractivity contribution is -0.306. The predicted octanol–water partition coefficient (Wildman–Crippen LogP) is 1.94. The van der Waals surface area contributed by atoms with Gasteiger partial charge in [-0.15, -0.1) is 0 Å². The highest BCUT2D eigenvalue weighted by atomic mass is 16.6. The van der Waals surface area contributed by atoms with Gasteiger partial charge in [0, 0.05) is 36.0 Å². The molecule has 0 aromatic heterocycles. The number of ether oxygens (including phenoxy) is 5. The highest BCUT2D eigenvalue weighted by Crippen LogP contribution is 2.69. The fraction of sp³-hybridized carbons (Fsp3) is 0.690. The van der Waals surface area contributed by atoms with Gasteiger partial charge in [-0.3, -0.25) is 14.4 Å². The Kier molecular flexibility index (Phi) is 6.39. The first kappa shape index (κ1) is 28.5. The minimum Gasteiger partial charge on any atom is -0.466 e. The summed E-state index contributed by atoms with van der Waals surface area (Å²) in [6, 6.07) is 0. The molecule has 4 fully saturated rings. The second-order valence-electron chi connectivity index (χ2n) is 12.7. The summed E-state index contributed by atoms with van der Waals surface area (Å²) in [5.41, 5.74) is -3.95. The summed E-state index contributed by atoms with van der Waals surface area (Å²) in [5, 5.41) is 9.94. The van der Waals surface area contributed by atoms with E-state index in [1.165, 1.54) is 20.1 Å². The van der Waals surface area contributed by atoms with E-state index in [1.54, 1.807) is 20.8 Å². The van der Waals surface area contributed by atoms with Crippen molar-refractivity contribution < 1.29 is 52.8 Å². The SMILES string of the molecule is C=C1C2CC[C@]3(C)[C@H](C4=CC(O)OC4=O)OC(=O)CC13O[C@]1(C)CC(=O)C(C)(C)[C@H](C(OC(C)=O)C(=O)OC)C21. The number of fused-ring (bicyclic) bond motifs is 3.